The lowest BCUT2D eigenvalue weighted by molar-refractivity contribution is 0.153. The average Bonchev–Trinajstić information content (AvgIpc) is 2.37. The van der Waals surface area contributed by atoms with Crippen molar-refractivity contribution in [1.82, 2.24) is 4.72 Å². The van der Waals surface area contributed by atoms with Crippen LogP contribution in [0.3, 0.4) is 0 Å². The third kappa shape index (κ3) is 4.73. The van der Waals surface area contributed by atoms with Gasteiger partial charge in [-0.25, -0.2) is 17.5 Å². The van der Waals surface area contributed by atoms with Crippen LogP contribution in [0, 0.1) is 11.2 Å². The monoisotopic (exact) mass is 304 g/mol. The first-order valence-corrected chi connectivity index (χ1v) is 7.70. The topological polar surface area (TPSA) is 81.4 Å². The molecule has 114 valence electrons. The molecule has 0 aliphatic rings. The van der Waals surface area contributed by atoms with E-state index in [-0.39, 0.29) is 22.5 Å². The molecule has 1 aromatic carbocycles. The van der Waals surface area contributed by atoms with Gasteiger partial charge in [-0.15, -0.1) is 0 Å². The highest BCUT2D eigenvalue weighted by Crippen LogP contribution is 2.21. The van der Waals surface area contributed by atoms with Crippen LogP contribution in [0.2, 0.25) is 0 Å². The van der Waals surface area contributed by atoms with Crippen LogP contribution in [0.15, 0.2) is 23.1 Å². The van der Waals surface area contributed by atoms with Crippen molar-refractivity contribution in [3.05, 3.63) is 24.0 Å². The lowest BCUT2D eigenvalue weighted by Gasteiger charge is -2.24. The van der Waals surface area contributed by atoms with E-state index in [0.717, 1.165) is 6.07 Å². The normalized spacial score (nSPS) is 12.6. The summed E-state index contributed by atoms with van der Waals surface area (Å²) in [6.45, 7) is 4.64. The highest BCUT2D eigenvalue weighted by Gasteiger charge is 2.22. The Balaban J connectivity index is 2.77. The molecular formula is C13H21FN2O3S. The molecule has 0 aliphatic heterocycles. The van der Waals surface area contributed by atoms with Crippen molar-refractivity contribution in [3.63, 3.8) is 0 Å². The maximum absolute atomic E-state index is 13.3. The first kappa shape index (κ1) is 16.9. The number of methoxy groups -OCH3 is 1. The maximum Gasteiger partial charge on any atom is 0.240 e. The average molecular weight is 304 g/mol. The molecule has 0 heterocycles. The van der Waals surface area contributed by atoms with Gasteiger partial charge in [-0.1, -0.05) is 13.8 Å². The van der Waals surface area contributed by atoms with E-state index < -0.39 is 15.8 Å². The number of hydrogen-bond acceptors (Lipinski definition) is 4. The van der Waals surface area contributed by atoms with Crippen LogP contribution in [-0.4, -0.2) is 28.7 Å². The molecular weight excluding hydrogens is 283 g/mol. The SMILES string of the molecule is COCCC(C)(C)CNS(=O)(=O)c1ccc(N)c(F)c1. The second-order valence-electron chi connectivity index (χ2n) is 5.41. The molecule has 1 rings (SSSR count). The highest BCUT2D eigenvalue weighted by atomic mass is 32.2. The summed E-state index contributed by atoms with van der Waals surface area (Å²) in [5.41, 5.74) is 4.99. The minimum absolute atomic E-state index is 0.0793. The zero-order valence-corrected chi connectivity index (χ0v) is 12.8. The van der Waals surface area contributed by atoms with Gasteiger partial charge in [0.2, 0.25) is 10.0 Å². The van der Waals surface area contributed by atoms with Crippen molar-refractivity contribution in [1.29, 1.82) is 0 Å². The zero-order chi connectivity index (χ0) is 15.4. The largest absolute Gasteiger partial charge is 0.396 e. The van der Waals surface area contributed by atoms with Gasteiger partial charge in [-0.2, -0.15) is 0 Å². The van der Waals surface area contributed by atoms with Crippen LogP contribution in [0.1, 0.15) is 20.3 Å². The van der Waals surface area contributed by atoms with Crippen molar-refractivity contribution in [3.8, 4) is 0 Å². The fraction of sp³-hybridized carbons (Fsp3) is 0.538. The molecule has 0 fully saturated rings. The van der Waals surface area contributed by atoms with Crippen LogP contribution in [0.25, 0.3) is 0 Å². The van der Waals surface area contributed by atoms with Gasteiger partial charge < -0.3 is 10.5 Å². The van der Waals surface area contributed by atoms with E-state index >= 15 is 0 Å². The van der Waals surface area contributed by atoms with Gasteiger partial charge in [0.05, 0.1) is 10.6 Å². The fourth-order valence-electron chi connectivity index (χ4n) is 1.52. The standard InChI is InChI=1S/C13H21FN2O3S/c1-13(2,6-7-19-3)9-16-20(17,18)10-4-5-12(15)11(14)8-10/h4-5,8,16H,6-7,9,15H2,1-3H3. The van der Waals surface area contributed by atoms with Crippen LogP contribution in [0.5, 0.6) is 0 Å². The molecule has 0 spiro atoms. The van der Waals surface area contributed by atoms with Gasteiger partial charge in [0.15, 0.2) is 0 Å². The number of anilines is 1. The van der Waals surface area contributed by atoms with E-state index in [0.29, 0.717) is 13.0 Å². The summed E-state index contributed by atoms with van der Waals surface area (Å²) in [6, 6.07) is 3.43. The van der Waals surface area contributed by atoms with E-state index in [1.807, 2.05) is 13.8 Å². The molecule has 0 aromatic heterocycles. The molecule has 0 aliphatic carbocycles. The minimum Gasteiger partial charge on any atom is -0.396 e. The molecule has 0 bridgehead atoms. The number of rotatable bonds is 7. The van der Waals surface area contributed by atoms with Crippen LogP contribution in [0.4, 0.5) is 10.1 Å². The van der Waals surface area contributed by atoms with Gasteiger partial charge in [0.25, 0.3) is 0 Å². The number of nitrogens with two attached hydrogens (primary N) is 1. The van der Waals surface area contributed by atoms with Gasteiger partial charge in [0.1, 0.15) is 5.82 Å². The molecule has 3 N–H and O–H groups in total. The van der Waals surface area contributed by atoms with Crippen molar-refractivity contribution < 1.29 is 17.5 Å². The molecule has 0 saturated carbocycles. The van der Waals surface area contributed by atoms with Crippen molar-refractivity contribution in [2.24, 2.45) is 5.41 Å². The summed E-state index contributed by atoms with van der Waals surface area (Å²) >= 11 is 0. The number of hydrogen-bond donors (Lipinski definition) is 2. The van der Waals surface area contributed by atoms with Gasteiger partial charge in [0, 0.05) is 20.3 Å². The van der Waals surface area contributed by atoms with E-state index in [2.05, 4.69) is 4.72 Å². The third-order valence-corrected chi connectivity index (χ3v) is 4.40. The molecule has 20 heavy (non-hydrogen) atoms. The Labute approximate surface area is 119 Å². The fourth-order valence-corrected chi connectivity index (χ4v) is 2.77. The van der Waals surface area contributed by atoms with Crippen LogP contribution >= 0.6 is 0 Å². The lowest BCUT2D eigenvalue weighted by atomic mass is 9.90. The number of benzene rings is 1. The molecule has 0 radical (unpaired) electrons. The smallest absolute Gasteiger partial charge is 0.240 e. The molecule has 0 unspecified atom stereocenters. The maximum atomic E-state index is 13.3. The lowest BCUT2D eigenvalue weighted by Crippen LogP contribution is -2.34. The first-order chi connectivity index (χ1) is 9.18. The van der Waals surface area contributed by atoms with E-state index in [1.54, 1.807) is 7.11 Å². The Kier molecular flexibility index (Phi) is 5.50. The van der Waals surface area contributed by atoms with Crippen LogP contribution < -0.4 is 10.5 Å². The molecule has 0 atom stereocenters. The summed E-state index contributed by atoms with van der Waals surface area (Å²) in [6.07, 6.45) is 0.710. The van der Waals surface area contributed by atoms with Gasteiger partial charge in [-0.3, -0.25) is 0 Å². The number of sulfonamides is 1. The number of halogens is 1. The Morgan fingerprint density at radius 3 is 2.60 bits per heavy atom. The second kappa shape index (κ2) is 6.51. The number of nitrogens with one attached hydrogen (secondary N) is 1. The summed E-state index contributed by atoms with van der Waals surface area (Å²) in [7, 11) is -2.15. The molecule has 5 nitrogen and oxygen atoms in total. The predicted octanol–water partition coefficient (Wildman–Crippen LogP) is 1.75. The van der Waals surface area contributed by atoms with Gasteiger partial charge in [-0.05, 0) is 30.0 Å². The van der Waals surface area contributed by atoms with Gasteiger partial charge >= 0.3 is 0 Å². The number of nitrogen functional groups attached to an aromatic ring is 1. The molecule has 0 saturated heterocycles. The minimum atomic E-state index is -3.74. The van der Waals surface area contributed by atoms with E-state index in [9.17, 15) is 12.8 Å². The van der Waals surface area contributed by atoms with Crippen LogP contribution in [-0.2, 0) is 14.8 Å². The Hall–Kier alpha value is -1.18. The van der Waals surface area contributed by atoms with Crippen molar-refractivity contribution in [2.45, 2.75) is 25.2 Å². The highest BCUT2D eigenvalue weighted by molar-refractivity contribution is 7.89. The second-order valence-corrected chi connectivity index (χ2v) is 7.18. The van der Waals surface area contributed by atoms with E-state index in [1.165, 1.54) is 12.1 Å². The zero-order valence-electron chi connectivity index (χ0n) is 11.9. The summed E-state index contributed by atoms with van der Waals surface area (Å²) in [5.74, 6) is -0.744. The Morgan fingerprint density at radius 1 is 1.40 bits per heavy atom. The number of ether oxygens (including phenoxy) is 1. The summed E-state index contributed by atoms with van der Waals surface area (Å²) in [4.78, 5) is -0.133. The quantitative estimate of drug-likeness (QED) is 0.752. The Bertz CT molecular complexity index is 559. The molecule has 7 heteroatoms. The predicted molar refractivity (Wildman–Crippen MR) is 76.3 cm³/mol. The third-order valence-electron chi connectivity index (χ3n) is 3.01. The van der Waals surface area contributed by atoms with Crippen molar-refractivity contribution >= 4 is 15.7 Å². The Morgan fingerprint density at radius 2 is 2.05 bits per heavy atom. The molecule has 0 amide bonds. The first-order valence-electron chi connectivity index (χ1n) is 6.21. The summed E-state index contributed by atoms with van der Waals surface area (Å²) in [5, 5.41) is 0. The summed E-state index contributed by atoms with van der Waals surface area (Å²) < 4.78 is 44.9. The van der Waals surface area contributed by atoms with Crippen molar-refractivity contribution in [2.75, 3.05) is 26.0 Å². The van der Waals surface area contributed by atoms with E-state index in [4.69, 9.17) is 10.5 Å². The molecule has 1 aromatic rings.